The molecule has 2 nitrogen and oxygen atoms in total. The summed E-state index contributed by atoms with van der Waals surface area (Å²) in [6, 6.07) is 16.4. The van der Waals surface area contributed by atoms with Crippen molar-refractivity contribution in [2.24, 2.45) is 0 Å². The molecule has 1 unspecified atom stereocenters. The fraction of sp³-hybridized carbons (Fsp3) is 0.278. The molecule has 0 N–H and O–H groups in total. The van der Waals surface area contributed by atoms with Crippen LogP contribution >= 0.6 is 11.8 Å². The van der Waals surface area contributed by atoms with E-state index in [0.29, 0.717) is 6.54 Å². The highest BCUT2D eigenvalue weighted by molar-refractivity contribution is 8.00. The molecule has 1 atom stereocenters. The summed E-state index contributed by atoms with van der Waals surface area (Å²) in [5, 5.41) is 0. The van der Waals surface area contributed by atoms with E-state index in [1.807, 2.05) is 36.3 Å². The van der Waals surface area contributed by atoms with Crippen molar-refractivity contribution in [1.29, 1.82) is 0 Å². The van der Waals surface area contributed by atoms with E-state index in [-0.39, 0.29) is 5.91 Å². The van der Waals surface area contributed by atoms with Crippen molar-refractivity contribution in [3.05, 3.63) is 65.2 Å². The summed E-state index contributed by atoms with van der Waals surface area (Å²) in [5.41, 5.74) is 4.42. The minimum Gasteiger partial charge on any atom is -0.311 e. The van der Waals surface area contributed by atoms with Crippen LogP contribution in [0.3, 0.4) is 0 Å². The first kappa shape index (κ1) is 14.2. The van der Waals surface area contributed by atoms with Gasteiger partial charge in [-0.2, -0.15) is 0 Å². The summed E-state index contributed by atoms with van der Waals surface area (Å²) >= 11 is 1.62. The van der Waals surface area contributed by atoms with E-state index >= 15 is 0 Å². The van der Waals surface area contributed by atoms with Crippen molar-refractivity contribution in [2.75, 3.05) is 17.7 Å². The Morgan fingerprint density at radius 1 is 1.14 bits per heavy atom. The van der Waals surface area contributed by atoms with Gasteiger partial charge in [-0.1, -0.05) is 48.0 Å². The molecule has 0 saturated carbocycles. The molecule has 3 heteroatoms. The summed E-state index contributed by atoms with van der Waals surface area (Å²) in [4.78, 5) is 15.1. The first-order valence-electron chi connectivity index (χ1n) is 7.19. The molecule has 2 aromatic rings. The Kier molecular flexibility index (Phi) is 3.54. The molecule has 0 spiro atoms. The van der Waals surface area contributed by atoms with Gasteiger partial charge in [-0.05, 0) is 31.7 Å². The van der Waals surface area contributed by atoms with E-state index < -0.39 is 4.75 Å². The fourth-order valence-corrected chi connectivity index (χ4v) is 4.20. The number of thioether (sulfide) groups is 1. The highest BCUT2D eigenvalue weighted by atomic mass is 32.2. The molecular formula is C18H19NOS. The number of likely N-dealkylation sites (N-methyl/N-ethyl adjacent to an activating group) is 1. The van der Waals surface area contributed by atoms with Gasteiger partial charge in [0.05, 0.1) is 0 Å². The Bertz CT molecular complexity index is 683. The van der Waals surface area contributed by atoms with Crippen LogP contribution in [0.25, 0.3) is 0 Å². The normalized spacial score (nSPS) is 20.7. The van der Waals surface area contributed by atoms with Gasteiger partial charge in [0.15, 0.2) is 0 Å². The van der Waals surface area contributed by atoms with E-state index in [0.717, 1.165) is 16.8 Å². The van der Waals surface area contributed by atoms with Crippen molar-refractivity contribution in [1.82, 2.24) is 0 Å². The highest BCUT2D eigenvalue weighted by Crippen LogP contribution is 2.52. The van der Waals surface area contributed by atoms with Gasteiger partial charge in [0.1, 0.15) is 4.75 Å². The molecule has 0 bridgehead atoms. The second-order valence-electron chi connectivity index (χ2n) is 5.32. The van der Waals surface area contributed by atoms with Gasteiger partial charge in [-0.15, -0.1) is 11.8 Å². The van der Waals surface area contributed by atoms with E-state index in [9.17, 15) is 4.79 Å². The number of nitrogens with zero attached hydrogens (tertiary/aromatic N) is 1. The smallest absolute Gasteiger partial charge is 0.252 e. The maximum absolute atomic E-state index is 13.2. The van der Waals surface area contributed by atoms with Crippen molar-refractivity contribution in [3.8, 4) is 0 Å². The van der Waals surface area contributed by atoms with Crippen LogP contribution in [0.4, 0.5) is 5.69 Å². The minimum atomic E-state index is -0.612. The van der Waals surface area contributed by atoms with Crippen LogP contribution in [0.2, 0.25) is 0 Å². The zero-order valence-electron chi connectivity index (χ0n) is 12.6. The number of carbonyl (C=O) groups excluding carboxylic acids is 1. The average molecular weight is 297 g/mol. The third-order valence-corrected chi connectivity index (χ3v) is 5.41. The third kappa shape index (κ3) is 1.91. The molecule has 1 heterocycles. The van der Waals surface area contributed by atoms with E-state index in [1.165, 1.54) is 5.56 Å². The van der Waals surface area contributed by atoms with Crippen LogP contribution in [0.15, 0.2) is 48.5 Å². The van der Waals surface area contributed by atoms with E-state index in [2.05, 4.69) is 37.3 Å². The molecule has 0 saturated heterocycles. The van der Waals surface area contributed by atoms with Crippen molar-refractivity contribution >= 4 is 23.4 Å². The maximum atomic E-state index is 13.2. The van der Waals surface area contributed by atoms with Crippen LogP contribution in [0.1, 0.15) is 23.6 Å². The van der Waals surface area contributed by atoms with Gasteiger partial charge >= 0.3 is 0 Å². The van der Waals surface area contributed by atoms with Gasteiger partial charge in [0.25, 0.3) is 5.91 Å². The number of anilines is 1. The summed E-state index contributed by atoms with van der Waals surface area (Å²) in [5.74, 6) is 0.171. The zero-order chi connectivity index (χ0) is 15.0. The number of hydrogen-bond acceptors (Lipinski definition) is 2. The standard InChI is InChI=1S/C18H19NOS/c1-4-19-16-11-10-13(2)12-15(16)18(21-3,17(19)20)14-8-6-5-7-9-14/h5-12H,4H2,1-3H3. The second-order valence-corrected chi connectivity index (χ2v) is 6.34. The van der Waals surface area contributed by atoms with Crippen molar-refractivity contribution in [2.45, 2.75) is 18.6 Å². The molecule has 3 rings (SSSR count). The van der Waals surface area contributed by atoms with Crippen LogP contribution in [-0.4, -0.2) is 18.7 Å². The fourth-order valence-electron chi connectivity index (χ4n) is 3.16. The molecule has 1 aliphatic rings. The van der Waals surface area contributed by atoms with Gasteiger partial charge in [-0.25, -0.2) is 0 Å². The largest absolute Gasteiger partial charge is 0.311 e. The lowest BCUT2D eigenvalue weighted by Crippen LogP contribution is -2.38. The number of fused-ring (bicyclic) bond motifs is 1. The predicted molar refractivity (Wildman–Crippen MR) is 89.9 cm³/mol. The second kappa shape index (κ2) is 5.23. The zero-order valence-corrected chi connectivity index (χ0v) is 13.4. The van der Waals surface area contributed by atoms with Crippen molar-refractivity contribution < 1.29 is 4.79 Å². The predicted octanol–water partition coefficient (Wildman–Crippen LogP) is 3.97. The topological polar surface area (TPSA) is 20.3 Å². The molecular weight excluding hydrogens is 278 g/mol. The molecule has 108 valence electrons. The SMILES string of the molecule is CCN1C(=O)C(SC)(c2ccccc2)c2cc(C)ccc21. The maximum Gasteiger partial charge on any atom is 0.252 e. The van der Waals surface area contributed by atoms with Crippen LogP contribution in [0.5, 0.6) is 0 Å². The third-order valence-electron chi connectivity index (χ3n) is 4.17. The lowest BCUT2D eigenvalue weighted by Gasteiger charge is -2.27. The highest BCUT2D eigenvalue weighted by Gasteiger charge is 2.51. The number of carbonyl (C=O) groups is 1. The van der Waals surface area contributed by atoms with Crippen LogP contribution < -0.4 is 4.90 Å². The number of rotatable bonds is 3. The molecule has 0 aromatic heterocycles. The summed E-state index contributed by atoms with van der Waals surface area (Å²) < 4.78 is -0.612. The van der Waals surface area contributed by atoms with Gasteiger partial charge in [0, 0.05) is 17.8 Å². The molecule has 1 amide bonds. The van der Waals surface area contributed by atoms with Gasteiger partial charge < -0.3 is 4.90 Å². The Labute approximate surface area is 130 Å². The van der Waals surface area contributed by atoms with E-state index in [4.69, 9.17) is 0 Å². The molecule has 0 aliphatic carbocycles. The Balaban J connectivity index is 2.31. The first-order chi connectivity index (χ1) is 10.1. The summed E-state index contributed by atoms with van der Waals surface area (Å²) in [6.07, 6.45) is 2.02. The van der Waals surface area contributed by atoms with Gasteiger partial charge in [-0.3, -0.25) is 4.79 Å². The van der Waals surface area contributed by atoms with Crippen molar-refractivity contribution in [3.63, 3.8) is 0 Å². The van der Waals surface area contributed by atoms with E-state index in [1.54, 1.807) is 11.8 Å². The molecule has 2 aromatic carbocycles. The number of benzene rings is 2. The molecule has 0 fully saturated rings. The minimum absolute atomic E-state index is 0.171. The summed E-state index contributed by atoms with van der Waals surface area (Å²) in [7, 11) is 0. The van der Waals surface area contributed by atoms with Crippen LogP contribution in [0, 0.1) is 6.92 Å². The Hall–Kier alpha value is -1.74. The number of aryl methyl sites for hydroxylation is 1. The Morgan fingerprint density at radius 3 is 2.48 bits per heavy atom. The number of hydrogen-bond donors (Lipinski definition) is 0. The average Bonchev–Trinajstić information content (AvgIpc) is 2.76. The molecule has 21 heavy (non-hydrogen) atoms. The van der Waals surface area contributed by atoms with Crippen LogP contribution in [-0.2, 0) is 9.54 Å². The Morgan fingerprint density at radius 2 is 1.86 bits per heavy atom. The first-order valence-corrected chi connectivity index (χ1v) is 8.41. The quantitative estimate of drug-likeness (QED) is 0.854. The molecule has 1 aliphatic heterocycles. The molecule has 0 radical (unpaired) electrons. The lowest BCUT2D eigenvalue weighted by atomic mass is 9.90. The summed E-state index contributed by atoms with van der Waals surface area (Å²) in [6.45, 7) is 4.81. The van der Waals surface area contributed by atoms with Gasteiger partial charge in [0.2, 0.25) is 0 Å². The number of amides is 1. The lowest BCUT2D eigenvalue weighted by molar-refractivity contribution is -0.119. The monoisotopic (exact) mass is 297 g/mol.